The van der Waals surface area contributed by atoms with Gasteiger partial charge in [-0.15, -0.1) is 0 Å². The van der Waals surface area contributed by atoms with Crippen LogP contribution in [0.25, 0.3) is 0 Å². The number of aromatic hydroxyl groups is 3. The fourth-order valence-corrected chi connectivity index (χ4v) is 3.79. The molecule has 0 saturated carbocycles. The maximum atomic E-state index is 10.4. The minimum Gasteiger partial charge on any atom is -0.508 e. The number of phenols is 3. The molecule has 0 aliphatic carbocycles. The topological polar surface area (TPSA) is 73.2 Å². The third-order valence-corrected chi connectivity index (χ3v) is 5.60. The van der Waals surface area contributed by atoms with Crippen molar-refractivity contribution in [1.29, 1.82) is 0 Å². The van der Waals surface area contributed by atoms with Gasteiger partial charge in [-0.1, -0.05) is 24.3 Å². The van der Waals surface area contributed by atoms with Crippen LogP contribution in [0.1, 0.15) is 22.3 Å². The van der Waals surface area contributed by atoms with Gasteiger partial charge in [0.25, 0.3) is 0 Å². The predicted octanol–water partition coefficient (Wildman–Crippen LogP) is 7.30. The van der Waals surface area contributed by atoms with E-state index in [4.69, 9.17) is 4.74 Å². The first-order valence-corrected chi connectivity index (χ1v) is 10.7. The highest BCUT2D eigenvalue weighted by molar-refractivity contribution is 5.79. The second-order valence-corrected chi connectivity index (χ2v) is 8.31. The Hall–Kier alpha value is -4.12. The van der Waals surface area contributed by atoms with E-state index in [0.717, 1.165) is 39.3 Å². The largest absolute Gasteiger partial charge is 0.508 e. The Balaban J connectivity index is 1.81. The van der Waals surface area contributed by atoms with Gasteiger partial charge in [-0.3, -0.25) is 0 Å². The maximum absolute atomic E-state index is 10.4. The Bertz CT molecular complexity index is 1260. The molecular formula is C28H27NO4. The molecule has 0 aliphatic heterocycles. The van der Waals surface area contributed by atoms with Gasteiger partial charge in [0, 0.05) is 35.3 Å². The lowest BCUT2D eigenvalue weighted by atomic mass is 10.1. The molecule has 0 aromatic heterocycles. The molecule has 0 heterocycles. The van der Waals surface area contributed by atoms with Crippen molar-refractivity contribution in [2.24, 2.45) is 0 Å². The van der Waals surface area contributed by atoms with Crippen LogP contribution in [0, 0.1) is 27.7 Å². The van der Waals surface area contributed by atoms with Gasteiger partial charge in [0.15, 0.2) is 11.5 Å². The average molecular weight is 442 g/mol. The summed E-state index contributed by atoms with van der Waals surface area (Å²) in [4.78, 5) is 1.92. The first-order chi connectivity index (χ1) is 15.7. The highest BCUT2D eigenvalue weighted by Crippen LogP contribution is 2.41. The summed E-state index contributed by atoms with van der Waals surface area (Å²) in [6.07, 6.45) is 0. The zero-order valence-electron chi connectivity index (χ0n) is 19.1. The molecule has 5 heteroatoms. The van der Waals surface area contributed by atoms with E-state index in [9.17, 15) is 15.3 Å². The molecule has 0 aliphatic rings. The molecule has 0 spiro atoms. The number of ether oxygens (including phenoxy) is 1. The van der Waals surface area contributed by atoms with Crippen molar-refractivity contribution >= 4 is 17.1 Å². The number of rotatable bonds is 5. The monoisotopic (exact) mass is 441 g/mol. The molecule has 0 amide bonds. The molecule has 0 atom stereocenters. The Labute approximate surface area is 193 Å². The zero-order chi connectivity index (χ0) is 23.7. The summed E-state index contributed by atoms with van der Waals surface area (Å²) in [5, 5.41) is 31.1. The zero-order valence-corrected chi connectivity index (χ0v) is 19.1. The van der Waals surface area contributed by atoms with Gasteiger partial charge in [-0.2, -0.15) is 0 Å². The van der Waals surface area contributed by atoms with Crippen LogP contribution in [0.5, 0.6) is 28.7 Å². The molecule has 0 bridgehead atoms. The van der Waals surface area contributed by atoms with Crippen molar-refractivity contribution in [2.75, 3.05) is 4.90 Å². The molecule has 0 saturated heterocycles. The number of hydrogen-bond donors (Lipinski definition) is 3. The Morgan fingerprint density at radius 1 is 0.576 bits per heavy atom. The molecule has 4 rings (SSSR count). The van der Waals surface area contributed by atoms with Gasteiger partial charge in [-0.25, -0.2) is 0 Å². The first-order valence-electron chi connectivity index (χ1n) is 10.7. The average Bonchev–Trinajstić information content (AvgIpc) is 2.76. The highest BCUT2D eigenvalue weighted by Gasteiger charge is 2.17. The van der Waals surface area contributed by atoms with Gasteiger partial charge in [0.2, 0.25) is 0 Å². The summed E-state index contributed by atoms with van der Waals surface area (Å²) in [5.74, 6) is 1.40. The van der Waals surface area contributed by atoms with Crippen molar-refractivity contribution in [3.63, 3.8) is 0 Å². The SMILES string of the molecule is Cc1cc(C)c(Oc2cccc(N(c3ccc(C)c(O)c3)c3ccc(C)c(O)c3)c2)c(O)c1. The lowest BCUT2D eigenvalue weighted by molar-refractivity contribution is 0.408. The molecular weight excluding hydrogens is 414 g/mol. The minimum atomic E-state index is 0.0849. The fourth-order valence-electron chi connectivity index (χ4n) is 3.79. The van der Waals surface area contributed by atoms with Crippen LogP contribution in [0.3, 0.4) is 0 Å². The minimum absolute atomic E-state index is 0.0849. The van der Waals surface area contributed by atoms with Crippen molar-refractivity contribution in [2.45, 2.75) is 27.7 Å². The standard InChI is InChI=1S/C28H27NO4/c1-17-12-20(4)28(27(32)13-17)33-24-7-5-6-21(14-24)29(22-10-8-18(2)25(30)15-22)23-11-9-19(3)26(31)16-23/h5-16,30-32H,1-4H3. The summed E-state index contributed by atoms with van der Waals surface area (Å²) in [5.41, 5.74) is 5.56. The number of nitrogens with zero attached hydrogens (tertiary/aromatic N) is 1. The number of anilines is 3. The van der Waals surface area contributed by atoms with Crippen molar-refractivity contribution in [3.8, 4) is 28.7 Å². The van der Waals surface area contributed by atoms with E-state index in [2.05, 4.69) is 0 Å². The van der Waals surface area contributed by atoms with Crippen LogP contribution in [0.4, 0.5) is 17.1 Å². The van der Waals surface area contributed by atoms with Crippen LogP contribution in [0.2, 0.25) is 0 Å². The van der Waals surface area contributed by atoms with Crippen LogP contribution in [0.15, 0.2) is 72.8 Å². The van der Waals surface area contributed by atoms with E-state index in [-0.39, 0.29) is 17.2 Å². The van der Waals surface area contributed by atoms with E-state index in [0.29, 0.717) is 11.5 Å². The van der Waals surface area contributed by atoms with Gasteiger partial charge in [-0.05, 0) is 80.3 Å². The van der Waals surface area contributed by atoms with Crippen molar-refractivity contribution < 1.29 is 20.1 Å². The molecule has 168 valence electrons. The van der Waals surface area contributed by atoms with Gasteiger partial charge in [0.05, 0.1) is 0 Å². The summed E-state index contributed by atoms with van der Waals surface area (Å²) >= 11 is 0. The quantitative estimate of drug-likeness (QED) is 0.303. The van der Waals surface area contributed by atoms with Gasteiger partial charge >= 0.3 is 0 Å². The lowest BCUT2D eigenvalue weighted by Crippen LogP contribution is -2.10. The molecule has 33 heavy (non-hydrogen) atoms. The van der Waals surface area contributed by atoms with Crippen LogP contribution in [-0.2, 0) is 0 Å². The molecule has 4 aromatic carbocycles. The van der Waals surface area contributed by atoms with Crippen LogP contribution >= 0.6 is 0 Å². The second kappa shape index (κ2) is 8.79. The van der Waals surface area contributed by atoms with Crippen molar-refractivity contribution in [1.82, 2.24) is 0 Å². The molecule has 3 N–H and O–H groups in total. The Morgan fingerprint density at radius 3 is 1.70 bits per heavy atom. The number of phenolic OH excluding ortho intramolecular Hbond substituents is 3. The smallest absolute Gasteiger partial charge is 0.171 e. The summed E-state index contributed by atoms with van der Waals surface area (Å²) < 4.78 is 6.07. The number of aryl methyl sites for hydroxylation is 4. The summed E-state index contributed by atoms with van der Waals surface area (Å²) in [6.45, 7) is 7.49. The third kappa shape index (κ3) is 4.58. The normalized spacial score (nSPS) is 10.8. The summed E-state index contributed by atoms with van der Waals surface area (Å²) in [7, 11) is 0. The van der Waals surface area contributed by atoms with E-state index in [1.165, 1.54) is 0 Å². The van der Waals surface area contributed by atoms with E-state index in [1.54, 1.807) is 18.2 Å². The Morgan fingerprint density at radius 2 is 1.15 bits per heavy atom. The third-order valence-electron chi connectivity index (χ3n) is 5.60. The van der Waals surface area contributed by atoms with Gasteiger partial charge < -0.3 is 25.0 Å². The molecule has 0 unspecified atom stereocenters. The molecule has 5 nitrogen and oxygen atoms in total. The predicted molar refractivity (Wildman–Crippen MR) is 132 cm³/mol. The van der Waals surface area contributed by atoms with E-state index >= 15 is 0 Å². The van der Waals surface area contributed by atoms with Crippen LogP contribution < -0.4 is 9.64 Å². The molecule has 0 fully saturated rings. The van der Waals surface area contributed by atoms with Crippen molar-refractivity contribution in [3.05, 3.63) is 95.1 Å². The van der Waals surface area contributed by atoms with E-state index < -0.39 is 0 Å². The highest BCUT2D eigenvalue weighted by atomic mass is 16.5. The van der Waals surface area contributed by atoms with Gasteiger partial charge in [0.1, 0.15) is 17.2 Å². The first kappa shape index (κ1) is 22.1. The molecule has 4 aromatic rings. The fraction of sp³-hybridized carbons (Fsp3) is 0.143. The lowest BCUT2D eigenvalue weighted by Gasteiger charge is -2.26. The maximum Gasteiger partial charge on any atom is 0.171 e. The summed E-state index contributed by atoms with van der Waals surface area (Å²) in [6, 6.07) is 22.0. The Kier molecular flexibility index (Phi) is 5.88. The van der Waals surface area contributed by atoms with E-state index in [1.807, 2.05) is 87.2 Å². The molecule has 0 radical (unpaired) electrons. The second-order valence-electron chi connectivity index (χ2n) is 8.31. The number of benzene rings is 4. The van der Waals surface area contributed by atoms with Crippen LogP contribution in [-0.4, -0.2) is 15.3 Å². The number of hydrogen-bond acceptors (Lipinski definition) is 5.